The first kappa shape index (κ1) is 16.3. The lowest BCUT2D eigenvalue weighted by Crippen LogP contribution is -2.43. The second-order valence-corrected chi connectivity index (χ2v) is 5.79. The van der Waals surface area contributed by atoms with Crippen molar-refractivity contribution in [2.45, 2.75) is 44.6 Å². The van der Waals surface area contributed by atoms with Gasteiger partial charge in [0.2, 0.25) is 5.91 Å². The van der Waals surface area contributed by atoms with Gasteiger partial charge in [-0.05, 0) is 30.5 Å². The predicted octanol–water partition coefficient (Wildman–Crippen LogP) is 2.39. The molecule has 1 aliphatic carbocycles. The number of amides is 1. The molecule has 0 saturated heterocycles. The summed E-state index contributed by atoms with van der Waals surface area (Å²) in [6, 6.07) is 7.09. The molecule has 22 heavy (non-hydrogen) atoms. The Morgan fingerprint density at radius 3 is 2.77 bits per heavy atom. The minimum absolute atomic E-state index is 0.133. The Hall–Kier alpha value is -2.04. The number of methoxy groups -OCH3 is 1. The third-order valence-corrected chi connectivity index (χ3v) is 4.18. The van der Waals surface area contributed by atoms with Crippen molar-refractivity contribution in [3.05, 3.63) is 29.8 Å². The zero-order valence-corrected chi connectivity index (χ0v) is 12.9. The Morgan fingerprint density at radius 2 is 2.05 bits per heavy atom. The van der Waals surface area contributed by atoms with E-state index >= 15 is 0 Å². The van der Waals surface area contributed by atoms with Gasteiger partial charge in [0.15, 0.2) is 0 Å². The van der Waals surface area contributed by atoms with Crippen LogP contribution in [0.5, 0.6) is 5.75 Å². The number of carboxylic acids is 1. The molecule has 0 unspecified atom stereocenters. The summed E-state index contributed by atoms with van der Waals surface area (Å²) in [7, 11) is 1.59. The largest absolute Gasteiger partial charge is 0.497 e. The average Bonchev–Trinajstić information content (AvgIpc) is 2.72. The highest BCUT2D eigenvalue weighted by molar-refractivity contribution is 5.80. The zero-order valence-electron chi connectivity index (χ0n) is 12.9. The van der Waals surface area contributed by atoms with Crippen LogP contribution >= 0.6 is 0 Å². The second-order valence-electron chi connectivity index (χ2n) is 5.79. The van der Waals surface area contributed by atoms with Crippen molar-refractivity contribution >= 4 is 11.9 Å². The molecular formula is C17H23NO4. The van der Waals surface area contributed by atoms with E-state index in [1.165, 1.54) is 0 Å². The molecule has 1 aliphatic rings. The fraction of sp³-hybridized carbons (Fsp3) is 0.529. The highest BCUT2D eigenvalue weighted by Crippen LogP contribution is 2.24. The quantitative estimate of drug-likeness (QED) is 0.819. The molecule has 0 bridgehead atoms. The minimum Gasteiger partial charge on any atom is -0.497 e. The molecule has 0 spiro atoms. The van der Waals surface area contributed by atoms with Crippen molar-refractivity contribution in [3.63, 3.8) is 0 Å². The highest BCUT2D eigenvalue weighted by Gasteiger charge is 2.30. The van der Waals surface area contributed by atoms with Gasteiger partial charge >= 0.3 is 5.97 Å². The summed E-state index contributed by atoms with van der Waals surface area (Å²) in [5, 5.41) is 12.3. The first-order chi connectivity index (χ1) is 10.6. The highest BCUT2D eigenvalue weighted by atomic mass is 16.5. The Bertz CT molecular complexity index is 529. The smallest absolute Gasteiger partial charge is 0.308 e. The molecule has 0 radical (unpaired) electrons. The first-order valence-electron chi connectivity index (χ1n) is 7.75. The van der Waals surface area contributed by atoms with Crippen LogP contribution in [0.3, 0.4) is 0 Å². The number of carboxylic acid groups (broad SMARTS) is 1. The van der Waals surface area contributed by atoms with Crippen LogP contribution in [0.25, 0.3) is 0 Å². The van der Waals surface area contributed by atoms with E-state index in [9.17, 15) is 14.7 Å². The maximum atomic E-state index is 12.2. The fourth-order valence-corrected chi connectivity index (χ4v) is 3.00. The van der Waals surface area contributed by atoms with Crippen molar-refractivity contribution < 1.29 is 19.4 Å². The summed E-state index contributed by atoms with van der Waals surface area (Å²) in [5.74, 6) is -0.708. The monoisotopic (exact) mass is 305 g/mol. The lowest BCUT2D eigenvalue weighted by Gasteiger charge is -2.23. The SMILES string of the molecule is COc1cccc(CC(=O)N[C@H]2CCCCC[C@H]2C(=O)O)c1. The normalized spacial score (nSPS) is 21.7. The average molecular weight is 305 g/mol. The van der Waals surface area contributed by atoms with E-state index in [-0.39, 0.29) is 18.4 Å². The van der Waals surface area contributed by atoms with Gasteiger partial charge in [-0.1, -0.05) is 31.4 Å². The van der Waals surface area contributed by atoms with Crippen molar-refractivity contribution in [3.8, 4) is 5.75 Å². The Balaban J connectivity index is 1.98. The molecule has 2 N–H and O–H groups in total. The summed E-state index contributed by atoms with van der Waals surface area (Å²) >= 11 is 0. The van der Waals surface area contributed by atoms with Gasteiger partial charge in [0.1, 0.15) is 5.75 Å². The van der Waals surface area contributed by atoms with Crippen LogP contribution < -0.4 is 10.1 Å². The molecule has 1 saturated carbocycles. The second kappa shape index (κ2) is 7.82. The van der Waals surface area contributed by atoms with Crippen LogP contribution in [-0.2, 0) is 16.0 Å². The van der Waals surface area contributed by atoms with Gasteiger partial charge in [-0.3, -0.25) is 9.59 Å². The van der Waals surface area contributed by atoms with Crippen LogP contribution in [-0.4, -0.2) is 30.1 Å². The van der Waals surface area contributed by atoms with Crippen LogP contribution in [0.1, 0.15) is 37.7 Å². The van der Waals surface area contributed by atoms with Crippen LogP contribution in [0, 0.1) is 5.92 Å². The van der Waals surface area contributed by atoms with Crippen LogP contribution in [0.2, 0.25) is 0 Å². The number of hydrogen-bond acceptors (Lipinski definition) is 3. The van der Waals surface area contributed by atoms with E-state index in [1.54, 1.807) is 7.11 Å². The molecule has 2 atom stereocenters. The lowest BCUT2D eigenvalue weighted by atomic mass is 9.94. The third-order valence-electron chi connectivity index (χ3n) is 4.18. The number of rotatable bonds is 5. The van der Waals surface area contributed by atoms with Crippen molar-refractivity contribution in [2.24, 2.45) is 5.92 Å². The van der Waals surface area contributed by atoms with Gasteiger partial charge in [0.05, 0.1) is 19.4 Å². The van der Waals surface area contributed by atoms with E-state index in [1.807, 2.05) is 24.3 Å². The zero-order chi connectivity index (χ0) is 15.9. The summed E-state index contributed by atoms with van der Waals surface area (Å²) in [6.45, 7) is 0. The van der Waals surface area contributed by atoms with Gasteiger partial charge in [0, 0.05) is 6.04 Å². The molecule has 1 aromatic carbocycles. The van der Waals surface area contributed by atoms with E-state index < -0.39 is 11.9 Å². The van der Waals surface area contributed by atoms with E-state index in [0.717, 1.165) is 31.2 Å². The topological polar surface area (TPSA) is 75.6 Å². The van der Waals surface area contributed by atoms with Crippen molar-refractivity contribution in [2.75, 3.05) is 7.11 Å². The third kappa shape index (κ3) is 4.48. The standard InChI is InChI=1S/C17H23NO4/c1-22-13-7-5-6-12(10-13)11-16(19)18-15-9-4-2-3-8-14(15)17(20)21/h5-7,10,14-15H,2-4,8-9,11H2,1H3,(H,18,19)(H,20,21)/t14-,15+/m1/s1. The van der Waals surface area contributed by atoms with Gasteiger partial charge in [-0.2, -0.15) is 0 Å². The maximum Gasteiger partial charge on any atom is 0.308 e. The van der Waals surface area contributed by atoms with E-state index in [0.29, 0.717) is 12.2 Å². The maximum absolute atomic E-state index is 12.2. The molecule has 5 heteroatoms. The molecule has 2 rings (SSSR count). The van der Waals surface area contributed by atoms with Crippen LogP contribution in [0.4, 0.5) is 0 Å². The van der Waals surface area contributed by atoms with Crippen LogP contribution in [0.15, 0.2) is 24.3 Å². The molecule has 1 amide bonds. The Labute approximate surface area is 130 Å². The molecular weight excluding hydrogens is 282 g/mol. The minimum atomic E-state index is -0.811. The van der Waals surface area contributed by atoms with Gasteiger partial charge in [0.25, 0.3) is 0 Å². The number of carbonyl (C=O) groups is 2. The summed E-state index contributed by atoms with van der Waals surface area (Å²) < 4.78 is 5.14. The number of carbonyl (C=O) groups excluding carboxylic acids is 1. The molecule has 0 heterocycles. The number of ether oxygens (including phenoxy) is 1. The summed E-state index contributed by atoms with van der Waals surface area (Å²) in [4.78, 5) is 23.6. The summed E-state index contributed by atoms with van der Waals surface area (Å²) in [6.07, 6.45) is 4.53. The number of hydrogen-bond donors (Lipinski definition) is 2. The molecule has 0 aliphatic heterocycles. The van der Waals surface area contributed by atoms with Gasteiger partial charge in [-0.15, -0.1) is 0 Å². The molecule has 120 valence electrons. The molecule has 1 fully saturated rings. The van der Waals surface area contributed by atoms with Gasteiger partial charge < -0.3 is 15.2 Å². The Morgan fingerprint density at radius 1 is 1.27 bits per heavy atom. The number of nitrogens with one attached hydrogen (secondary N) is 1. The molecule has 0 aromatic heterocycles. The van der Waals surface area contributed by atoms with Crippen molar-refractivity contribution in [1.29, 1.82) is 0 Å². The van der Waals surface area contributed by atoms with Gasteiger partial charge in [-0.25, -0.2) is 0 Å². The Kier molecular flexibility index (Phi) is 5.81. The summed E-state index contributed by atoms with van der Waals surface area (Å²) in [5.41, 5.74) is 0.859. The number of benzene rings is 1. The first-order valence-corrected chi connectivity index (χ1v) is 7.75. The predicted molar refractivity (Wildman–Crippen MR) is 82.8 cm³/mol. The molecule has 5 nitrogen and oxygen atoms in total. The van der Waals surface area contributed by atoms with E-state index in [2.05, 4.69) is 5.32 Å². The van der Waals surface area contributed by atoms with E-state index in [4.69, 9.17) is 4.74 Å². The van der Waals surface area contributed by atoms with Crippen molar-refractivity contribution in [1.82, 2.24) is 5.32 Å². The number of aliphatic carboxylic acids is 1. The molecule has 1 aromatic rings. The fourth-order valence-electron chi connectivity index (χ4n) is 3.00. The lowest BCUT2D eigenvalue weighted by molar-refractivity contribution is -0.143.